The number of ether oxygens (including phenoxy) is 1. The fraction of sp³-hybridized carbons (Fsp3) is 0.235. The Morgan fingerprint density at radius 2 is 1.80 bits per heavy atom. The molecule has 3 amide bonds. The van der Waals surface area contributed by atoms with Crippen molar-refractivity contribution in [2.45, 2.75) is 13.8 Å². The average molecular weight is 361 g/mol. The summed E-state index contributed by atoms with van der Waals surface area (Å²) in [5.41, 5.74) is 6.63. The van der Waals surface area contributed by atoms with Gasteiger partial charge in [-0.3, -0.25) is 25.2 Å². The molecule has 7 nitrogen and oxygen atoms in total. The van der Waals surface area contributed by atoms with Crippen LogP contribution in [-0.4, -0.2) is 30.9 Å². The minimum Gasteiger partial charge on any atom is -0.484 e. The first-order valence-corrected chi connectivity index (χ1v) is 8.43. The monoisotopic (exact) mass is 361 g/mol. The van der Waals surface area contributed by atoms with Gasteiger partial charge in [0.1, 0.15) is 5.75 Å². The van der Waals surface area contributed by atoms with E-state index in [2.05, 4.69) is 16.2 Å². The zero-order chi connectivity index (χ0) is 18.2. The van der Waals surface area contributed by atoms with Crippen molar-refractivity contribution < 1.29 is 19.1 Å². The van der Waals surface area contributed by atoms with Crippen LogP contribution in [0.5, 0.6) is 5.75 Å². The average Bonchev–Trinajstić information content (AvgIpc) is 3.13. The minimum atomic E-state index is -0.538. The van der Waals surface area contributed by atoms with Crippen LogP contribution in [0.2, 0.25) is 0 Å². The summed E-state index contributed by atoms with van der Waals surface area (Å²) in [4.78, 5) is 35.4. The lowest BCUT2D eigenvalue weighted by Gasteiger charge is -2.10. The molecule has 0 atom stereocenters. The van der Waals surface area contributed by atoms with E-state index in [1.165, 1.54) is 11.3 Å². The Balaban J connectivity index is 1.66. The molecule has 0 spiro atoms. The highest BCUT2D eigenvalue weighted by Gasteiger charge is 2.10. The van der Waals surface area contributed by atoms with Gasteiger partial charge in [0.15, 0.2) is 6.61 Å². The maximum Gasteiger partial charge on any atom is 0.276 e. The van der Waals surface area contributed by atoms with Crippen LogP contribution < -0.4 is 20.9 Å². The number of aryl methyl sites for hydroxylation is 2. The largest absolute Gasteiger partial charge is 0.484 e. The quantitative estimate of drug-likeness (QED) is 0.676. The fourth-order valence-electron chi connectivity index (χ4n) is 1.83. The van der Waals surface area contributed by atoms with E-state index in [9.17, 15) is 14.4 Å². The van der Waals surface area contributed by atoms with Crippen LogP contribution in [-0.2, 0) is 9.59 Å². The van der Waals surface area contributed by atoms with Crippen molar-refractivity contribution in [2.24, 2.45) is 0 Å². The number of amides is 3. The lowest BCUT2D eigenvalue weighted by Crippen LogP contribution is -2.47. The van der Waals surface area contributed by atoms with Gasteiger partial charge < -0.3 is 10.1 Å². The molecule has 2 rings (SSSR count). The first-order chi connectivity index (χ1) is 12.0. The number of benzene rings is 1. The number of nitrogens with one attached hydrogen (secondary N) is 3. The van der Waals surface area contributed by atoms with E-state index in [0.29, 0.717) is 10.6 Å². The van der Waals surface area contributed by atoms with Gasteiger partial charge >= 0.3 is 0 Å². The van der Waals surface area contributed by atoms with Crippen LogP contribution >= 0.6 is 11.3 Å². The van der Waals surface area contributed by atoms with Gasteiger partial charge in [-0.05, 0) is 48.6 Å². The van der Waals surface area contributed by atoms with Crippen LogP contribution in [0, 0.1) is 13.8 Å². The smallest absolute Gasteiger partial charge is 0.276 e. The zero-order valence-corrected chi connectivity index (χ0v) is 14.7. The predicted molar refractivity (Wildman–Crippen MR) is 94.3 cm³/mol. The summed E-state index contributed by atoms with van der Waals surface area (Å²) < 4.78 is 5.35. The first-order valence-electron chi connectivity index (χ1n) is 7.55. The Morgan fingerprint density at radius 3 is 2.48 bits per heavy atom. The topological polar surface area (TPSA) is 96.5 Å². The third-order valence-electron chi connectivity index (χ3n) is 3.34. The third-order valence-corrected chi connectivity index (χ3v) is 4.21. The molecule has 0 radical (unpaired) electrons. The van der Waals surface area contributed by atoms with Gasteiger partial charge in [-0.2, -0.15) is 0 Å². The van der Waals surface area contributed by atoms with Gasteiger partial charge in [-0.25, -0.2) is 0 Å². The summed E-state index contributed by atoms with van der Waals surface area (Å²) in [7, 11) is 0. The van der Waals surface area contributed by atoms with E-state index in [1.807, 2.05) is 26.0 Å². The number of hydrogen-bond acceptors (Lipinski definition) is 5. The van der Waals surface area contributed by atoms with Gasteiger partial charge in [-0.15, -0.1) is 11.3 Å². The molecule has 1 aromatic heterocycles. The summed E-state index contributed by atoms with van der Waals surface area (Å²) in [6, 6.07) is 8.91. The molecule has 0 saturated carbocycles. The van der Waals surface area contributed by atoms with E-state index < -0.39 is 11.8 Å². The second-order valence-corrected chi connectivity index (χ2v) is 6.24. The van der Waals surface area contributed by atoms with Crippen molar-refractivity contribution in [3.05, 3.63) is 51.7 Å². The molecule has 2 aromatic rings. The number of carbonyl (C=O) groups excluding carboxylic acids is 3. The summed E-state index contributed by atoms with van der Waals surface area (Å²) in [5, 5.41) is 4.22. The lowest BCUT2D eigenvalue weighted by molar-refractivity contribution is -0.129. The molecule has 132 valence electrons. The van der Waals surface area contributed by atoms with Crippen LogP contribution in [0.1, 0.15) is 20.8 Å². The molecule has 1 aromatic carbocycles. The van der Waals surface area contributed by atoms with Gasteiger partial charge in [0.25, 0.3) is 17.7 Å². The molecule has 0 aliphatic heterocycles. The molecule has 1 heterocycles. The van der Waals surface area contributed by atoms with E-state index >= 15 is 0 Å². The van der Waals surface area contributed by atoms with Crippen molar-refractivity contribution in [1.82, 2.24) is 16.2 Å². The number of hydrazine groups is 1. The molecule has 25 heavy (non-hydrogen) atoms. The molecule has 0 bridgehead atoms. The molecule has 0 aliphatic carbocycles. The number of carbonyl (C=O) groups is 3. The van der Waals surface area contributed by atoms with Crippen molar-refractivity contribution >= 4 is 29.1 Å². The Labute approximate surface area is 149 Å². The SMILES string of the molecule is Cc1ccc(OCC(=O)NNC(=O)CNC(=O)c2cccs2)cc1C. The van der Waals surface area contributed by atoms with Crippen molar-refractivity contribution in [2.75, 3.05) is 13.2 Å². The Hall–Kier alpha value is -2.87. The van der Waals surface area contributed by atoms with Crippen molar-refractivity contribution in [3.8, 4) is 5.75 Å². The normalized spacial score (nSPS) is 10.0. The molecule has 0 saturated heterocycles. The van der Waals surface area contributed by atoms with E-state index in [1.54, 1.807) is 23.6 Å². The standard InChI is InChI=1S/C17H19N3O4S/c1-11-5-6-13(8-12(11)2)24-10-16(22)20-19-15(21)9-18-17(23)14-4-3-7-25-14/h3-8H,9-10H2,1-2H3,(H,18,23)(H,19,21)(H,20,22). The van der Waals surface area contributed by atoms with Crippen molar-refractivity contribution in [3.63, 3.8) is 0 Å². The Bertz CT molecular complexity index is 759. The molecule has 0 aliphatic rings. The number of thiophene rings is 1. The summed E-state index contributed by atoms with van der Waals surface area (Å²) in [5.74, 6) is -0.803. The lowest BCUT2D eigenvalue weighted by atomic mass is 10.1. The summed E-state index contributed by atoms with van der Waals surface area (Å²) in [6.45, 7) is 3.46. The molecular weight excluding hydrogens is 342 g/mol. The summed E-state index contributed by atoms with van der Waals surface area (Å²) in [6.07, 6.45) is 0. The van der Waals surface area contributed by atoms with Gasteiger partial charge in [0.2, 0.25) is 0 Å². The van der Waals surface area contributed by atoms with E-state index in [4.69, 9.17) is 4.74 Å². The molecule has 3 N–H and O–H groups in total. The Morgan fingerprint density at radius 1 is 1.04 bits per heavy atom. The van der Waals surface area contributed by atoms with Crippen LogP contribution in [0.3, 0.4) is 0 Å². The highest BCUT2D eigenvalue weighted by atomic mass is 32.1. The van der Waals surface area contributed by atoms with E-state index in [-0.39, 0.29) is 19.1 Å². The maximum atomic E-state index is 11.7. The van der Waals surface area contributed by atoms with Crippen molar-refractivity contribution in [1.29, 1.82) is 0 Å². The number of rotatable bonds is 6. The predicted octanol–water partition coefficient (Wildman–Crippen LogP) is 1.32. The highest BCUT2D eigenvalue weighted by Crippen LogP contribution is 2.16. The molecule has 0 fully saturated rings. The Kier molecular flexibility index (Phi) is 6.53. The van der Waals surface area contributed by atoms with Gasteiger partial charge in [0, 0.05) is 0 Å². The second kappa shape index (κ2) is 8.84. The molecular formula is C17H19N3O4S. The summed E-state index contributed by atoms with van der Waals surface area (Å²) >= 11 is 1.28. The third kappa shape index (κ3) is 5.92. The highest BCUT2D eigenvalue weighted by molar-refractivity contribution is 7.12. The minimum absolute atomic E-state index is 0.232. The van der Waals surface area contributed by atoms with Gasteiger partial charge in [-0.1, -0.05) is 12.1 Å². The number of hydrogen-bond donors (Lipinski definition) is 3. The van der Waals surface area contributed by atoms with E-state index in [0.717, 1.165) is 11.1 Å². The first kappa shape index (κ1) is 18.5. The van der Waals surface area contributed by atoms with Crippen LogP contribution in [0.25, 0.3) is 0 Å². The molecule has 0 unspecified atom stereocenters. The fourth-order valence-corrected chi connectivity index (χ4v) is 2.47. The van der Waals surface area contributed by atoms with Crippen LogP contribution in [0.15, 0.2) is 35.7 Å². The zero-order valence-electron chi connectivity index (χ0n) is 13.9. The van der Waals surface area contributed by atoms with Gasteiger partial charge in [0.05, 0.1) is 11.4 Å². The van der Waals surface area contributed by atoms with Crippen LogP contribution in [0.4, 0.5) is 0 Å². The second-order valence-electron chi connectivity index (χ2n) is 5.29. The maximum absolute atomic E-state index is 11.7. The molecule has 8 heteroatoms.